The molecular formula is C23H26N2O7. The Morgan fingerprint density at radius 2 is 2.09 bits per heavy atom. The summed E-state index contributed by atoms with van der Waals surface area (Å²) in [7, 11) is 0. The Hall–Kier alpha value is -3.30. The van der Waals surface area contributed by atoms with E-state index in [0.29, 0.717) is 55.4 Å². The lowest BCUT2D eigenvalue weighted by molar-refractivity contribution is -0.134. The highest BCUT2D eigenvalue weighted by Crippen LogP contribution is 2.34. The fourth-order valence-electron chi connectivity index (χ4n) is 3.51. The van der Waals surface area contributed by atoms with Crippen molar-refractivity contribution >= 4 is 16.9 Å². The van der Waals surface area contributed by atoms with Gasteiger partial charge in [-0.15, -0.1) is 0 Å². The average molecular weight is 442 g/mol. The van der Waals surface area contributed by atoms with Crippen molar-refractivity contribution in [2.45, 2.75) is 26.4 Å². The lowest BCUT2D eigenvalue weighted by Gasteiger charge is -2.22. The first-order valence-corrected chi connectivity index (χ1v) is 10.5. The molecule has 170 valence electrons. The predicted octanol–water partition coefficient (Wildman–Crippen LogP) is 2.25. The summed E-state index contributed by atoms with van der Waals surface area (Å²) in [5.74, 6) is 0.988. The highest BCUT2D eigenvalue weighted by molar-refractivity contribution is 5.84. The highest BCUT2D eigenvalue weighted by Gasteiger charge is 2.21. The first kappa shape index (κ1) is 21.9. The molecule has 0 spiro atoms. The van der Waals surface area contributed by atoms with Gasteiger partial charge in [-0.25, -0.2) is 4.79 Å². The van der Waals surface area contributed by atoms with Crippen LogP contribution in [0.25, 0.3) is 22.5 Å². The van der Waals surface area contributed by atoms with Crippen LogP contribution in [-0.4, -0.2) is 50.0 Å². The number of ether oxygens (including phenoxy) is 2. The molecule has 4 rings (SSSR count). The normalized spacial score (nSPS) is 16.2. The van der Waals surface area contributed by atoms with Gasteiger partial charge in [-0.1, -0.05) is 0 Å². The Labute approximate surface area is 184 Å². The molecule has 0 saturated carbocycles. The van der Waals surface area contributed by atoms with Gasteiger partial charge in [-0.3, -0.25) is 4.79 Å². The van der Waals surface area contributed by atoms with Crippen LogP contribution in [0.1, 0.15) is 17.5 Å². The Morgan fingerprint density at radius 1 is 1.25 bits per heavy atom. The fourth-order valence-corrected chi connectivity index (χ4v) is 3.51. The summed E-state index contributed by atoms with van der Waals surface area (Å²) in [4.78, 5) is 23.9. The number of hydrogen-bond donors (Lipinski definition) is 3. The Balaban J connectivity index is 1.35. The van der Waals surface area contributed by atoms with Crippen LogP contribution < -0.4 is 21.0 Å². The van der Waals surface area contributed by atoms with Gasteiger partial charge in [0.15, 0.2) is 11.5 Å². The van der Waals surface area contributed by atoms with E-state index in [2.05, 4.69) is 10.6 Å². The average Bonchev–Trinajstić information content (AvgIpc) is 3.23. The van der Waals surface area contributed by atoms with Gasteiger partial charge in [0.1, 0.15) is 23.2 Å². The number of hydrogen-bond acceptors (Lipinski definition) is 8. The van der Waals surface area contributed by atoms with Crippen molar-refractivity contribution in [3.05, 3.63) is 45.8 Å². The maximum Gasteiger partial charge on any atom is 0.343 e. The first-order valence-electron chi connectivity index (χ1n) is 10.5. The largest absolute Gasteiger partial charge is 0.507 e. The number of carbonyl (C=O) groups excluding carboxylic acids is 1. The van der Waals surface area contributed by atoms with Gasteiger partial charge in [-0.2, -0.15) is 0 Å². The predicted molar refractivity (Wildman–Crippen MR) is 117 cm³/mol. The summed E-state index contributed by atoms with van der Waals surface area (Å²) >= 11 is 0. The molecule has 9 nitrogen and oxygen atoms in total. The molecule has 1 amide bonds. The molecule has 3 aromatic rings. The summed E-state index contributed by atoms with van der Waals surface area (Å²) in [5.41, 5.74) is 0.597. The molecule has 0 radical (unpaired) electrons. The molecule has 9 heteroatoms. The maximum absolute atomic E-state index is 12.0. The summed E-state index contributed by atoms with van der Waals surface area (Å²) in [6.07, 6.45) is 0.207. The minimum absolute atomic E-state index is 0.0980. The SMILES string of the molecule is Cc1c(-c2cc3cc(OCCCNC(=O)C4CNCCO4)ccc3o2)oc(=O)c(C)c1O. The van der Waals surface area contributed by atoms with E-state index in [4.69, 9.17) is 18.3 Å². The highest BCUT2D eigenvalue weighted by atomic mass is 16.5. The van der Waals surface area contributed by atoms with Crippen LogP contribution in [0.15, 0.2) is 37.9 Å². The van der Waals surface area contributed by atoms with E-state index in [1.807, 2.05) is 6.07 Å². The van der Waals surface area contributed by atoms with Gasteiger partial charge in [0.2, 0.25) is 5.91 Å². The van der Waals surface area contributed by atoms with Crippen LogP contribution in [0.5, 0.6) is 11.5 Å². The van der Waals surface area contributed by atoms with Crippen LogP contribution >= 0.6 is 0 Å². The number of amides is 1. The van der Waals surface area contributed by atoms with Crippen LogP contribution in [0.2, 0.25) is 0 Å². The zero-order valence-corrected chi connectivity index (χ0v) is 18.0. The van der Waals surface area contributed by atoms with E-state index < -0.39 is 11.7 Å². The van der Waals surface area contributed by atoms with E-state index in [9.17, 15) is 14.7 Å². The second-order valence-electron chi connectivity index (χ2n) is 7.68. The molecule has 1 aromatic carbocycles. The summed E-state index contributed by atoms with van der Waals surface area (Å²) in [6, 6.07) is 7.11. The molecule has 1 fully saturated rings. The lowest BCUT2D eigenvalue weighted by Crippen LogP contribution is -2.48. The number of aromatic hydroxyl groups is 1. The number of nitrogens with one attached hydrogen (secondary N) is 2. The molecule has 1 aliphatic heterocycles. The monoisotopic (exact) mass is 442 g/mol. The Bertz CT molecular complexity index is 1180. The summed E-state index contributed by atoms with van der Waals surface area (Å²) < 4.78 is 22.3. The first-order chi connectivity index (χ1) is 15.4. The van der Waals surface area contributed by atoms with Gasteiger partial charge in [0.05, 0.1) is 18.8 Å². The molecule has 1 aliphatic rings. The molecule has 0 bridgehead atoms. The number of rotatable bonds is 7. The third-order valence-electron chi connectivity index (χ3n) is 5.37. The van der Waals surface area contributed by atoms with E-state index >= 15 is 0 Å². The van der Waals surface area contributed by atoms with Crippen molar-refractivity contribution in [2.24, 2.45) is 0 Å². The van der Waals surface area contributed by atoms with Gasteiger partial charge < -0.3 is 34.0 Å². The van der Waals surface area contributed by atoms with Crippen molar-refractivity contribution < 1.29 is 28.2 Å². The minimum Gasteiger partial charge on any atom is -0.507 e. The molecule has 1 atom stereocenters. The smallest absolute Gasteiger partial charge is 0.343 e. The number of furan rings is 1. The third-order valence-corrected chi connectivity index (χ3v) is 5.37. The van der Waals surface area contributed by atoms with Crippen LogP contribution in [0.3, 0.4) is 0 Å². The molecule has 32 heavy (non-hydrogen) atoms. The van der Waals surface area contributed by atoms with Crippen molar-refractivity contribution in [1.29, 1.82) is 0 Å². The van der Waals surface area contributed by atoms with Gasteiger partial charge >= 0.3 is 5.63 Å². The second-order valence-corrected chi connectivity index (χ2v) is 7.68. The quantitative estimate of drug-likeness (QED) is 0.476. The number of carbonyl (C=O) groups is 1. The second kappa shape index (κ2) is 9.46. The molecule has 3 heterocycles. The number of morpholine rings is 1. The van der Waals surface area contributed by atoms with Gasteiger partial charge in [0.25, 0.3) is 0 Å². The summed E-state index contributed by atoms with van der Waals surface area (Å²) in [6.45, 7) is 5.93. The van der Waals surface area contributed by atoms with Crippen LogP contribution in [-0.2, 0) is 9.53 Å². The maximum atomic E-state index is 12.0. The van der Waals surface area contributed by atoms with E-state index in [1.54, 1.807) is 25.1 Å². The van der Waals surface area contributed by atoms with Crippen molar-refractivity contribution in [3.63, 3.8) is 0 Å². The molecular weight excluding hydrogens is 416 g/mol. The van der Waals surface area contributed by atoms with E-state index in [1.165, 1.54) is 6.92 Å². The molecule has 1 unspecified atom stereocenters. The zero-order chi connectivity index (χ0) is 22.7. The van der Waals surface area contributed by atoms with Crippen molar-refractivity contribution in [3.8, 4) is 23.0 Å². The Kier molecular flexibility index (Phi) is 6.48. The minimum atomic E-state index is -0.606. The molecule has 1 saturated heterocycles. The van der Waals surface area contributed by atoms with Crippen LogP contribution in [0, 0.1) is 13.8 Å². The standard InChI is InChI=1S/C23H26N2O7/c1-13-20(26)14(2)23(28)32-21(13)18-11-15-10-16(4-5-17(15)31-18)29-8-3-6-25-22(27)19-12-24-7-9-30-19/h4-5,10-11,19,24,26H,3,6-9,12H2,1-2H3,(H,25,27). The van der Waals surface area contributed by atoms with Crippen molar-refractivity contribution in [1.82, 2.24) is 10.6 Å². The Morgan fingerprint density at radius 3 is 2.88 bits per heavy atom. The van der Waals surface area contributed by atoms with E-state index in [-0.39, 0.29) is 23.0 Å². The fraction of sp³-hybridized carbons (Fsp3) is 0.391. The topological polar surface area (TPSA) is 123 Å². The van der Waals surface area contributed by atoms with Gasteiger partial charge in [0, 0.05) is 30.6 Å². The van der Waals surface area contributed by atoms with E-state index in [0.717, 1.165) is 11.9 Å². The van der Waals surface area contributed by atoms with Crippen LogP contribution in [0.4, 0.5) is 0 Å². The molecule has 0 aliphatic carbocycles. The summed E-state index contributed by atoms with van der Waals surface area (Å²) in [5, 5.41) is 16.9. The lowest BCUT2D eigenvalue weighted by atomic mass is 10.1. The zero-order valence-electron chi connectivity index (χ0n) is 18.0. The molecule has 3 N–H and O–H groups in total. The third kappa shape index (κ3) is 4.63. The van der Waals surface area contributed by atoms with Gasteiger partial charge in [-0.05, 0) is 44.5 Å². The van der Waals surface area contributed by atoms with Crippen molar-refractivity contribution in [2.75, 3.05) is 32.8 Å². The molecule has 2 aromatic heterocycles. The number of benzene rings is 1. The number of fused-ring (bicyclic) bond motifs is 1.